The lowest BCUT2D eigenvalue weighted by Gasteiger charge is -2.27. The van der Waals surface area contributed by atoms with Crippen molar-refractivity contribution in [3.05, 3.63) is 41.0 Å². The average Bonchev–Trinajstić information content (AvgIpc) is 2.85. The quantitative estimate of drug-likeness (QED) is 0.839. The zero-order valence-corrected chi connectivity index (χ0v) is 11.9. The summed E-state index contributed by atoms with van der Waals surface area (Å²) >= 11 is 0. The number of aryl methyl sites for hydroxylation is 1. The van der Waals surface area contributed by atoms with Gasteiger partial charge in [-0.2, -0.15) is 0 Å². The lowest BCUT2D eigenvalue weighted by molar-refractivity contribution is 0.0401. The van der Waals surface area contributed by atoms with Gasteiger partial charge in [0.15, 0.2) is 0 Å². The summed E-state index contributed by atoms with van der Waals surface area (Å²) in [5, 5.41) is 10.5. The second-order valence-electron chi connectivity index (χ2n) is 6.23. The number of nitrogens with zero attached hydrogens (tertiary/aromatic N) is 1. The van der Waals surface area contributed by atoms with Crippen LogP contribution in [0.1, 0.15) is 38.2 Å². The second kappa shape index (κ2) is 4.68. The van der Waals surface area contributed by atoms with E-state index in [-0.39, 0.29) is 0 Å². The SMILES string of the molecule is CCCC1(O)CC2=C(CN(c3ccc(C)cc3)C2)C1. The first-order chi connectivity index (χ1) is 9.09. The highest BCUT2D eigenvalue weighted by atomic mass is 16.3. The molecule has 0 fully saturated rings. The molecule has 1 aromatic carbocycles. The normalized spacial score (nSPS) is 21.1. The minimum atomic E-state index is -0.432. The van der Waals surface area contributed by atoms with E-state index in [2.05, 4.69) is 43.0 Å². The van der Waals surface area contributed by atoms with Crippen LogP contribution in [0, 0.1) is 6.92 Å². The molecule has 0 amide bonds. The molecule has 0 saturated heterocycles. The van der Waals surface area contributed by atoms with Gasteiger partial charge in [0.05, 0.1) is 5.60 Å². The van der Waals surface area contributed by atoms with Gasteiger partial charge in [-0.25, -0.2) is 0 Å². The monoisotopic (exact) mass is 257 g/mol. The Morgan fingerprint density at radius 2 is 1.68 bits per heavy atom. The van der Waals surface area contributed by atoms with Crippen LogP contribution in [0.4, 0.5) is 5.69 Å². The van der Waals surface area contributed by atoms with Crippen molar-refractivity contribution in [2.45, 2.75) is 45.1 Å². The van der Waals surface area contributed by atoms with Crippen LogP contribution in [0.2, 0.25) is 0 Å². The molecule has 102 valence electrons. The van der Waals surface area contributed by atoms with E-state index in [0.29, 0.717) is 0 Å². The van der Waals surface area contributed by atoms with Crippen molar-refractivity contribution >= 4 is 5.69 Å². The summed E-state index contributed by atoms with van der Waals surface area (Å²) in [6, 6.07) is 8.75. The van der Waals surface area contributed by atoms with E-state index < -0.39 is 5.60 Å². The van der Waals surface area contributed by atoms with Crippen molar-refractivity contribution in [1.82, 2.24) is 0 Å². The lowest BCUT2D eigenvalue weighted by Crippen LogP contribution is -2.30. The summed E-state index contributed by atoms with van der Waals surface area (Å²) in [7, 11) is 0. The first kappa shape index (κ1) is 12.7. The van der Waals surface area contributed by atoms with Gasteiger partial charge in [-0.1, -0.05) is 31.0 Å². The summed E-state index contributed by atoms with van der Waals surface area (Å²) in [6.07, 6.45) is 3.78. The number of rotatable bonds is 3. The Labute approximate surface area is 115 Å². The van der Waals surface area contributed by atoms with E-state index in [1.807, 2.05) is 0 Å². The fraction of sp³-hybridized carbons (Fsp3) is 0.529. The second-order valence-corrected chi connectivity index (χ2v) is 6.23. The van der Waals surface area contributed by atoms with E-state index in [0.717, 1.165) is 38.8 Å². The summed E-state index contributed by atoms with van der Waals surface area (Å²) in [6.45, 7) is 6.28. The van der Waals surface area contributed by atoms with Gasteiger partial charge in [0.2, 0.25) is 0 Å². The summed E-state index contributed by atoms with van der Waals surface area (Å²) in [5.74, 6) is 0. The molecule has 19 heavy (non-hydrogen) atoms. The number of aliphatic hydroxyl groups is 1. The van der Waals surface area contributed by atoms with Gasteiger partial charge in [0.25, 0.3) is 0 Å². The summed E-state index contributed by atoms with van der Waals surface area (Å²) < 4.78 is 0. The Bertz CT molecular complexity index is 482. The molecular weight excluding hydrogens is 234 g/mol. The molecule has 1 N–H and O–H groups in total. The van der Waals surface area contributed by atoms with Crippen LogP contribution in [0.15, 0.2) is 35.4 Å². The number of benzene rings is 1. The van der Waals surface area contributed by atoms with Crippen LogP contribution in [0.25, 0.3) is 0 Å². The minimum Gasteiger partial charge on any atom is -0.389 e. The van der Waals surface area contributed by atoms with Crippen LogP contribution in [-0.4, -0.2) is 23.8 Å². The zero-order valence-electron chi connectivity index (χ0n) is 11.9. The Morgan fingerprint density at radius 1 is 1.11 bits per heavy atom. The highest BCUT2D eigenvalue weighted by Gasteiger charge is 2.39. The molecule has 0 saturated carbocycles. The lowest BCUT2D eigenvalue weighted by atomic mass is 9.93. The third-order valence-corrected chi connectivity index (χ3v) is 4.46. The van der Waals surface area contributed by atoms with Gasteiger partial charge in [0, 0.05) is 18.8 Å². The van der Waals surface area contributed by atoms with Crippen LogP contribution < -0.4 is 4.90 Å². The van der Waals surface area contributed by atoms with E-state index in [1.54, 1.807) is 0 Å². The van der Waals surface area contributed by atoms with Crippen molar-refractivity contribution in [2.75, 3.05) is 18.0 Å². The van der Waals surface area contributed by atoms with Gasteiger partial charge in [0.1, 0.15) is 0 Å². The van der Waals surface area contributed by atoms with Crippen molar-refractivity contribution in [3.63, 3.8) is 0 Å². The fourth-order valence-electron chi connectivity index (χ4n) is 3.54. The molecule has 2 heteroatoms. The van der Waals surface area contributed by atoms with E-state index in [1.165, 1.54) is 22.4 Å². The molecule has 0 spiro atoms. The maximum atomic E-state index is 10.5. The number of hydrogen-bond acceptors (Lipinski definition) is 2. The van der Waals surface area contributed by atoms with Gasteiger partial charge in [-0.3, -0.25) is 0 Å². The molecule has 1 aliphatic heterocycles. The Hall–Kier alpha value is -1.28. The largest absolute Gasteiger partial charge is 0.389 e. The van der Waals surface area contributed by atoms with Gasteiger partial charge >= 0.3 is 0 Å². The van der Waals surface area contributed by atoms with Crippen LogP contribution in [0.5, 0.6) is 0 Å². The molecular formula is C17H23NO. The van der Waals surface area contributed by atoms with Crippen LogP contribution >= 0.6 is 0 Å². The molecule has 2 nitrogen and oxygen atoms in total. The van der Waals surface area contributed by atoms with E-state index >= 15 is 0 Å². The third kappa shape index (κ3) is 2.42. The zero-order chi connectivity index (χ0) is 13.5. The topological polar surface area (TPSA) is 23.5 Å². The third-order valence-electron chi connectivity index (χ3n) is 4.46. The Balaban J connectivity index is 1.68. The van der Waals surface area contributed by atoms with Crippen molar-refractivity contribution in [3.8, 4) is 0 Å². The molecule has 1 aliphatic carbocycles. The molecule has 1 aromatic rings. The molecule has 0 bridgehead atoms. The van der Waals surface area contributed by atoms with Gasteiger partial charge < -0.3 is 10.0 Å². The molecule has 0 atom stereocenters. The number of hydrogen-bond donors (Lipinski definition) is 1. The van der Waals surface area contributed by atoms with Crippen LogP contribution in [-0.2, 0) is 0 Å². The maximum Gasteiger partial charge on any atom is 0.0723 e. The molecule has 1 heterocycles. The predicted octanol–water partition coefficient (Wildman–Crippen LogP) is 3.44. The molecule has 3 rings (SSSR count). The van der Waals surface area contributed by atoms with Crippen molar-refractivity contribution in [2.24, 2.45) is 0 Å². The number of anilines is 1. The molecule has 0 aromatic heterocycles. The molecule has 2 aliphatic rings. The molecule has 0 radical (unpaired) electrons. The highest BCUT2D eigenvalue weighted by molar-refractivity contribution is 5.54. The first-order valence-electron chi connectivity index (χ1n) is 7.33. The Morgan fingerprint density at radius 3 is 2.21 bits per heavy atom. The first-order valence-corrected chi connectivity index (χ1v) is 7.33. The minimum absolute atomic E-state index is 0.432. The van der Waals surface area contributed by atoms with E-state index in [9.17, 15) is 5.11 Å². The fourth-order valence-corrected chi connectivity index (χ4v) is 3.54. The van der Waals surface area contributed by atoms with E-state index in [4.69, 9.17) is 0 Å². The van der Waals surface area contributed by atoms with Crippen LogP contribution in [0.3, 0.4) is 0 Å². The van der Waals surface area contributed by atoms with Crippen molar-refractivity contribution < 1.29 is 5.11 Å². The molecule has 0 unspecified atom stereocenters. The van der Waals surface area contributed by atoms with Gasteiger partial charge in [-0.05, 0) is 49.5 Å². The highest BCUT2D eigenvalue weighted by Crippen LogP contribution is 2.42. The standard InChI is InChI=1S/C17H23NO/c1-3-8-17(19)9-14-11-18(12-15(14)10-17)16-6-4-13(2)5-7-16/h4-7,19H,3,8-12H2,1-2H3. The summed E-state index contributed by atoms with van der Waals surface area (Å²) in [5.41, 5.74) is 5.14. The Kier molecular flexibility index (Phi) is 3.14. The van der Waals surface area contributed by atoms with Crippen molar-refractivity contribution in [1.29, 1.82) is 0 Å². The van der Waals surface area contributed by atoms with Gasteiger partial charge in [-0.15, -0.1) is 0 Å². The maximum absolute atomic E-state index is 10.5. The summed E-state index contributed by atoms with van der Waals surface area (Å²) in [4.78, 5) is 2.43. The average molecular weight is 257 g/mol. The smallest absolute Gasteiger partial charge is 0.0723 e. The predicted molar refractivity (Wildman–Crippen MR) is 79.5 cm³/mol.